The molecule has 2 unspecified atom stereocenters. The average Bonchev–Trinajstić information content (AvgIpc) is 2.68. The second-order valence-electron chi connectivity index (χ2n) is 5.62. The third-order valence-electron chi connectivity index (χ3n) is 3.54. The van der Waals surface area contributed by atoms with E-state index in [0.29, 0.717) is 11.7 Å². The summed E-state index contributed by atoms with van der Waals surface area (Å²) in [5.74, 6) is 0.732. The molecular weight excluding hydrogens is 258 g/mol. The largest absolute Gasteiger partial charge is 0.484 e. The van der Waals surface area contributed by atoms with Crippen molar-refractivity contribution in [3.63, 3.8) is 0 Å². The molecule has 1 aromatic rings. The Morgan fingerprint density at radius 1 is 1.45 bits per heavy atom. The number of nitro groups is 1. The van der Waals surface area contributed by atoms with Gasteiger partial charge < -0.3 is 15.4 Å². The van der Waals surface area contributed by atoms with Crippen molar-refractivity contribution in [1.82, 2.24) is 0 Å². The fourth-order valence-electron chi connectivity index (χ4n) is 2.40. The highest BCUT2D eigenvalue weighted by atomic mass is 16.6. The van der Waals surface area contributed by atoms with Crippen molar-refractivity contribution in [3.05, 3.63) is 28.3 Å². The summed E-state index contributed by atoms with van der Waals surface area (Å²) in [5.41, 5.74) is 6.94. The molecule has 0 aromatic heterocycles. The molecule has 1 aromatic carbocycles. The zero-order chi connectivity index (χ0) is 14.9. The van der Waals surface area contributed by atoms with Crippen LogP contribution in [0.15, 0.2) is 18.2 Å². The van der Waals surface area contributed by atoms with Gasteiger partial charge in [-0.2, -0.15) is 0 Å². The third kappa shape index (κ3) is 3.01. The SMILES string of the molecule is CC(C)Oc1cc(N2CC(C)C(N)C2)ccc1[N+](=O)[O-]. The Morgan fingerprint density at radius 3 is 2.65 bits per heavy atom. The minimum atomic E-state index is -0.417. The number of benzene rings is 1. The highest BCUT2D eigenvalue weighted by molar-refractivity contribution is 5.60. The molecule has 0 spiro atoms. The van der Waals surface area contributed by atoms with Crippen molar-refractivity contribution in [2.24, 2.45) is 11.7 Å². The number of ether oxygens (including phenoxy) is 1. The zero-order valence-electron chi connectivity index (χ0n) is 12.1. The number of anilines is 1. The molecule has 1 fully saturated rings. The number of nitro benzene ring substituents is 1. The Bertz CT molecular complexity index is 494. The second-order valence-corrected chi connectivity index (χ2v) is 5.62. The summed E-state index contributed by atoms with van der Waals surface area (Å²) >= 11 is 0. The van der Waals surface area contributed by atoms with Crippen molar-refractivity contribution in [2.75, 3.05) is 18.0 Å². The molecule has 1 heterocycles. The van der Waals surface area contributed by atoms with Crippen LogP contribution in [0.1, 0.15) is 20.8 Å². The van der Waals surface area contributed by atoms with Gasteiger partial charge in [-0.3, -0.25) is 10.1 Å². The molecule has 2 rings (SSSR count). The van der Waals surface area contributed by atoms with Gasteiger partial charge in [0.05, 0.1) is 11.0 Å². The quantitative estimate of drug-likeness (QED) is 0.674. The van der Waals surface area contributed by atoms with Crippen molar-refractivity contribution < 1.29 is 9.66 Å². The van der Waals surface area contributed by atoms with Crippen LogP contribution in [0.25, 0.3) is 0 Å². The van der Waals surface area contributed by atoms with E-state index in [2.05, 4.69) is 11.8 Å². The summed E-state index contributed by atoms with van der Waals surface area (Å²) in [6.45, 7) is 7.44. The van der Waals surface area contributed by atoms with Crippen molar-refractivity contribution in [3.8, 4) is 5.75 Å². The van der Waals surface area contributed by atoms with Crippen molar-refractivity contribution >= 4 is 11.4 Å². The maximum Gasteiger partial charge on any atom is 0.311 e. The normalized spacial score (nSPS) is 22.4. The third-order valence-corrected chi connectivity index (χ3v) is 3.54. The maximum atomic E-state index is 11.0. The van der Waals surface area contributed by atoms with Gasteiger partial charge in [-0.15, -0.1) is 0 Å². The first-order valence-electron chi connectivity index (χ1n) is 6.84. The Hall–Kier alpha value is -1.82. The molecule has 0 radical (unpaired) electrons. The molecule has 0 amide bonds. The molecule has 1 aliphatic heterocycles. The molecular formula is C14H21N3O3. The first-order valence-corrected chi connectivity index (χ1v) is 6.84. The molecule has 20 heavy (non-hydrogen) atoms. The predicted molar refractivity (Wildman–Crippen MR) is 78.2 cm³/mol. The Balaban J connectivity index is 2.30. The van der Waals surface area contributed by atoms with Crippen LogP contribution in [-0.4, -0.2) is 30.2 Å². The van der Waals surface area contributed by atoms with Gasteiger partial charge >= 0.3 is 5.69 Å². The summed E-state index contributed by atoms with van der Waals surface area (Å²) in [6.07, 6.45) is -0.108. The van der Waals surface area contributed by atoms with E-state index in [1.807, 2.05) is 13.8 Å². The monoisotopic (exact) mass is 279 g/mol. The lowest BCUT2D eigenvalue weighted by molar-refractivity contribution is -0.386. The summed E-state index contributed by atoms with van der Waals surface area (Å²) < 4.78 is 5.56. The van der Waals surface area contributed by atoms with Gasteiger partial charge in [0.2, 0.25) is 0 Å². The molecule has 1 saturated heterocycles. The smallest absolute Gasteiger partial charge is 0.311 e. The van der Waals surface area contributed by atoms with E-state index in [-0.39, 0.29) is 17.8 Å². The Kier molecular flexibility index (Phi) is 4.13. The standard InChI is InChI=1S/C14H21N3O3/c1-9(2)20-14-6-11(4-5-13(14)17(18)19)16-7-10(3)12(15)8-16/h4-6,9-10,12H,7-8,15H2,1-3H3. The van der Waals surface area contributed by atoms with Crippen LogP contribution in [0, 0.1) is 16.0 Å². The second kappa shape index (κ2) is 5.66. The van der Waals surface area contributed by atoms with Gasteiger partial charge in [-0.25, -0.2) is 0 Å². The fraction of sp³-hybridized carbons (Fsp3) is 0.571. The Labute approximate surface area is 118 Å². The molecule has 0 aliphatic carbocycles. The molecule has 2 atom stereocenters. The fourth-order valence-corrected chi connectivity index (χ4v) is 2.40. The Morgan fingerprint density at radius 2 is 2.15 bits per heavy atom. The first kappa shape index (κ1) is 14.6. The van der Waals surface area contributed by atoms with E-state index in [1.165, 1.54) is 6.07 Å². The summed E-state index contributed by atoms with van der Waals surface area (Å²) in [6, 6.07) is 5.14. The van der Waals surface area contributed by atoms with Crippen LogP contribution >= 0.6 is 0 Å². The van der Waals surface area contributed by atoms with Crippen LogP contribution in [0.2, 0.25) is 0 Å². The summed E-state index contributed by atoms with van der Waals surface area (Å²) in [5, 5.41) is 11.0. The summed E-state index contributed by atoms with van der Waals surface area (Å²) in [7, 11) is 0. The maximum absolute atomic E-state index is 11.0. The molecule has 2 N–H and O–H groups in total. The predicted octanol–water partition coefficient (Wildman–Crippen LogP) is 2.17. The minimum absolute atomic E-state index is 0.000932. The van der Waals surface area contributed by atoms with E-state index in [9.17, 15) is 10.1 Å². The lowest BCUT2D eigenvalue weighted by Gasteiger charge is -2.19. The van der Waals surface area contributed by atoms with E-state index in [4.69, 9.17) is 10.5 Å². The first-order chi connectivity index (χ1) is 9.38. The zero-order valence-corrected chi connectivity index (χ0v) is 12.1. The van der Waals surface area contributed by atoms with E-state index in [1.54, 1.807) is 12.1 Å². The van der Waals surface area contributed by atoms with E-state index >= 15 is 0 Å². The molecule has 6 heteroatoms. The minimum Gasteiger partial charge on any atom is -0.484 e. The molecule has 110 valence electrons. The van der Waals surface area contributed by atoms with Crippen LogP contribution in [-0.2, 0) is 0 Å². The van der Waals surface area contributed by atoms with Gasteiger partial charge in [-0.05, 0) is 25.8 Å². The number of hydrogen-bond donors (Lipinski definition) is 1. The lowest BCUT2D eigenvalue weighted by Crippen LogP contribution is -2.28. The molecule has 0 bridgehead atoms. The molecule has 1 aliphatic rings. The highest BCUT2D eigenvalue weighted by Gasteiger charge is 2.28. The van der Waals surface area contributed by atoms with Crippen molar-refractivity contribution in [2.45, 2.75) is 32.9 Å². The number of rotatable bonds is 4. The lowest BCUT2D eigenvalue weighted by atomic mass is 10.1. The number of nitrogens with two attached hydrogens (primary N) is 1. The van der Waals surface area contributed by atoms with Gasteiger partial charge in [-0.1, -0.05) is 6.92 Å². The van der Waals surface area contributed by atoms with E-state index in [0.717, 1.165) is 18.8 Å². The van der Waals surface area contributed by atoms with Crippen LogP contribution < -0.4 is 15.4 Å². The van der Waals surface area contributed by atoms with Gasteiger partial charge in [0.1, 0.15) is 0 Å². The van der Waals surface area contributed by atoms with Gasteiger partial charge in [0.15, 0.2) is 5.75 Å². The van der Waals surface area contributed by atoms with E-state index < -0.39 is 4.92 Å². The molecule has 6 nitrogen and oxygen atoms in total. The van der Waals surface area contributed by atoms with Crippen LogP contribution in [0.4, 0.5) is 11.4 Å². The van der Waals surface area contributed by atoms with Gasteiger partial charge in [0.25, 0.3) is 0 Å². The van der Waals surface area contributed by atoms with Crippen molar-refractivity contribution in [1.29, 1.82) is 0 Å². The summed E-state index contributed by atoms with van der Waals surface area (Å²) in [4.78, 5) is 12.8. The molecule has 0 saturated carbocycles. The highest BCUT2D eigenvalue weighted by Crippen LogP contribution is 2.34. The van der Waals surface area contributed by atoms with Gasteiger partial charge in [0, 0.05) is 37.0 Å². The number of hydrogen-bond acceptors (Lipinski definition) is 5. The van der Waals surface area contributed by atoms with Crippen LogP contribution in [0.3, 0.4) is 0 Å². The topological polar surface area (TPSA) is 81.6 Å². The van der Waals surface area contributed by atoms with Crippen LogP contribution in [0.5, 0.6) is 5.75 Å². The number of nitrogens with zero attached hydrogens (tertiary/aromatic N) is 2. The average molecular weight is 279 g/mol.